The molecule has 62 valence electrons. The molecule has 3 nitrogen and oxygen atoms in total. The molecule has 10 heavy (non-hydrogen) atoms. The van der Waals surface area contributed by atoms with Gasteiger partial charge in [0.1, 0.15) is 0 Å². The summed E-state index contributed by atoms with van der Waals surface area (Å²) in [7, 11) is 0. The fourth-order valence-corrected chi connectivity index (χ4v) is 0.224. The molecule has 0 amide bonds. The molecule has 0 heterocycles. The molecule has 2 atom stereocenters. The minimum atomic E-state index is -3.61. The lowest BCUT2D eigenvalue weighted by molar-refractivity contribution is 0.611. The van der Waals surface area contributed by atoms with Crippen molar-refractivity contribution in [3.05, 3.63) is 0 Å². The fraction of sp³-hybridized carbons (Fsp3) is 1.00. The van der Waals surface area contributed by atoms with Crippen LogP contribution in [0.15, 0.2) is 0 Å². The molecule has 0 fully saturated rings. The Morgan fingerprint density at radius 1 is 1.20 bits per heavy atom. The summed E-state index contributed by atoms with van der Waals surface area (Å²) in [6.45, 7) is -11.5. The van der Waals surface area contributed by atoms with Crippen LogP contribution in [0.4, 0.5) is 0 Å². The Balaban J connectivity index is 5.65. The standard InChI is InChI=1S/C7H19N3/c8-4-1-2-6-10-7-3-5-9/h10H,1-9H2/i1D2,2D2,3D,4D2,5D,6D2,7D2/t3-,5-/m1/s1. The van der Waals surface area contributed by atoms with E-state index in [2.05, 4.69) is 0 Å². The lowest BCUT2D eigenvalue weighted by Gasteiger charge is -2.01. The number of nitrogens with one attached hydrogen (secondary N) is 1. The number of rotatable bonds is 7. The van der Waals surface area contributed by atoms with Gasteiger partial charge in [-0.2, -0.15) is 0 Å². The van der Waals surface area contributed by atoms with Gasteiger partial charge in [-0.15, -0.1) is 0 Å². The van der Waals surface area contributed by atoms with Crippen molar-refractivity contribution in [1.82, 2.24) is 5.32 Å². The third-order valence-electron chi connectivity index (χ3n) is 0.511. The summed E-state index contributed by atoms with van der Waals surface area (Å²) in [6.07, 6.45) is -9.15. The lowest BCUT2D eigenvalue weighted by atomic mass is 10.3. The minimum absolute atomic E-state index is 1.47. The zero-order valence-electron chi connectivity index (χ0n) is 17.3. The van der Waals surface area contributed by atoms with Crippen molar-refractivity contribution in [3.63, 3.8) is 0 Å². The monoisotopic (exact) mass is 157 g/mol. The van der Waals surface area contributed by atoms with Crippen molar-refractivity contribution in [2.75, 3.05) is 26.0 Å². The van der Waals surface area contributed by atoms with Gasteiger partial charge in [0.05, 0.1) is 0 Å². The average molecular weight is 157 g/mol. The van der Waals surface area contributed by atoms with E-state index in [-0.39, 0.29) is 0 Å². The number of hydrogen-bond acceptors (Lipinski definition) is 3. The zero-order chi connectivity index (χ0) is 18.4. The SMILES string of the molecule is [2H][C@H]([C@@H]([2H])N)C([2H])([2H])NC([2H])([2H])C([2H])([2H])C([2H])([2H])C([2H])([2H])N. The predicted octanol–water partition coefficient (Wildman–Crippen LogP) is -0.336. The van der Waals surface area contributed by atoms with E-state index in [1.54, 1.807) is 0 Å². The first-order chi connectivity index (χ1) is 9.31. The molecule has 0 aromatic heterocycles. The summed E-state index contributed by atoms with van der Waals surface area (Å²) >= 11 is 0. The second-order valence-electron chi connectivity index (χ2n) is 1.15. The van der Waals surface area contributed by atoms with Crippen LogP contribution < -0.4 is 16.8 Å². The second kappa shape index (κ2) is 8.88. The Hall–Kier alpha value is -0.120. The van der Waals surface area contributed by atoms with Crippen LogP contribution in [-0.4, -0.2) is 26.0 Å². The van der Waals surface area contributed by atoms with Crippen molar-refractivity contribution in [2.24, 2.45) is 11.5 Å². The van der Waals surface area contributed by atoms with Crippen LogP contribution in [0.2, 0.25) is 0 Å². The number of nitrogens with two attached hydrogens (primary N) is 2. The van der Waals surface area contributed by atoms with Gasteiger partial charge in [-0.05, 0) is 45.2 Å². The normalized spacial score (nSPS) is 41.4. The summed E-state index contributed by atoms with van der Waals surface area (Å²) in [4.78, 5) is 0. The van der Waals surface area contributed by atoms with Crippen LogP contribution in [0.1, 0.15) is 35.6 Å². The molecular weight excluding hydrogens is 126 g/mol. The van der Waals surface area contributed by atoms with E-state index in [1.165, 1.54) is 5.32 Å². The molecule has 0 aliphatic carbocycles. The molecule has 0 bridgehead atoms. The van der Waals surface area contributed by atoms with Crippen LogP contribution in [0.3, 0.4) is 0 Å². The van der Waals surface area contributed by atoms with Crippen LogP contribution >= 0.6 is 0 Å². The summed E-state index contributed by atoms with van der Waals surface area (Å²) in [5, 5.41) is 1.47. The molecule has 0 aliphatic heterocycles. The van der Waals surface area contributed by atoms with E-state index in [1.807, 2.05) is 0 Å². The molecule has 0 aromatic rings. The molecular formula is C7H19N3. The van der Waals surface area contributed by atoms with E-state index >= 15 is 0 Å². The lowest BCUT2D eigenvalue weighted by Crippen LogP contribution is -2.19. The average Bonchev–Trinajstić information content (AvgIpc) is 2.24. The van der Waals surface area contributed by atoms with Gasteiger partial charge in [0, 0.05) is 16.4 Å². The van der Waals surface area contributed by atoms with Gasteiger partial charge in [-0.3, -0.25) is 0 Å². The van der Waals surface area contributed by atoms with Gasteiger partial charge in [-0.1, -0.05) is 0 Å². The first-order valence-electron chi connectivity index (χ1n) is 8.65. The Morgan fingerprint density at radius 3 is 2.60 bits per heavy atom. The van der Waals surface area contributed by atoms with Crippen molar-refractivity contribution >= 4 is 0 Å². The maximum atomic E-state index is 7.55. The van der Waals surface area contributed by atoms with E-state index in [9.17, 15) is 0 Å². The molecule has 3 heteroatoms. The largest absolute Gasteiger partial charge is 0.330 e. The molecule has 0 unspecified atom stereocenters. The molecule has 0 aliphatic rings. The number of hydrogen-bond donors (Lipinski definition) is 3. The Morgan fingerprint density at radius 2 is 2.00 bits per heavy atom. The van der Waals surface area contributed by atoms with Gasteiger partial charge in [0.15, 0.2) is 0 Å². The van der Waals surface area contributed by atoms with Gasteiger partial charge in [-0.25, -0.2) is 0 Å². The topological polar surface area (TPSA) is 64.1 Å². The summed E-state index contributed by atoms with van der Waals surface area (Å²) < 4.78 is 88.6. The van der Waals surface area contributed by atoms with Crippen LogP contribution in [0, 0.1) is 0 Å². The van der Waals surface area contributed by atoms with Crippen LogP contribution in [0.25, 0.3) is 0 Å². The maximum Gasteiger partial charge on any atom is 0.0428 e. The molecule has 0 saturated heterocycles. The third kappa shape index (κ3) is 7.88. The highest BCUT2D eigenvalue weighted by molar-refractivity contribution is 4.49. The smallest absolute Gasteiger partial charge is 0.0428 e. The van der Waals surface area contributed by atoms with Crippen LogP contribution in [-0.2, 0) is 0 Å². The minimum Gasteiger partial charge on any atom is -0.330 e. The Labute approximate surface area is 80.0 Å². The Kier molecular flexibility index (Phi) is 1.59. The van der Waals surface area contributed by atoms with Crippen molar-refractivity contribution in [3.8, 4) is 0 Å². The summed E-state index contributed by atoms with van der Waals surface area (Å²) in [5.41, 5.74) is 9.94. The first-order valence-corrected chi connectivity index (χ1v) is 2.49. The van der Waals surface area contributed by atoms with Crippen LogP contribution in [0.5, 0.6) is 0 Å². The molecule has 0 aromatic carbocycles. The van der Waals surface area contributed by atoms with E-state index in [0.717, 1.165) is 0 Å². The maximum absolute atomic E-state index is 7.55. The predicted molar refractivity (Wildman–Crippen MR) is 44.8 cm³/mol. The van der Waals surface area contributed by atoms with E-state index < -0.39 is 45.2 Å². The molecule has 0 spiro atoms. The third-order valence-corrected chi connectivity index (χ3v) is 0.511. The Bertz CT molecular complexity index is 389. The summed E-state index contributed by atoms with van der Waals surface area (Å²) in [6, 6.07) is 0. The van der Waals surface area contributed by atoms with Gasteiger partial charge < -0.3 is 16.8 Å². The van der Waals surface area contributed by atoms with E-state index in [4.69, 9.17) is 27.9 Å². The molecule has 5 N–H and O–H groups in total. The van der Waals surface area contributed by atoms with E-state index in [0.29, 0.717) is 0 Å². The zero-order valence-corrected chi connectivity index (χ0v) is 5.31. The molecule has 0 rings (SSSR count). The first kappa shape index (κ1) is 1.79. The van der Waals surface area contributed by atoms with Crippen molar-refractivity contribution < 1.29 is 16.4 Å². The highest BCUT2D eigenvalue weighted by atomic mass is 14.8. The summed E-state index contributed by atoms with van der Waals surface area (Å²) in [5.74, 6) is 0. The fourth-order valence-electron chi connectivity index (χ4n) is 0.224. The molecule has 0 saturated carbocycles. The van der Waals surface area contributed by atoms with Gasteiger partial charge in [0.25, 0.3) is 0 Å². The quantitative estimate of drug-likeness (QED) is 0.474. The molecule has 0 radical (unpaired) electrons. The van der Waals surface area contributed by atoms with Gasteiger partial charge in [0.2, 0.25) is 0 Å². The van der Waals surface area contributed by atoms with Crippen molar-refractivity contribution in [1.29, 1.82) is 0 Å². The van der Waals surface area contributed by atoms with Crippen molar-refractivity contribution in [2.45, 2.75) is 19.1 Å². The van der Waals surface area contributed by atoms with Gasteiger partial charge >= 0.3 is 0 Å². The highest BCUT2D eigenvalue weighted by Crippen LogP contribution is 1.81. The highest BCUT2D eigenvalue weighted by Gasteiger charge is 1.85. The second-order valence-corrected chi connectivity index (χ2v) is 1.15.